The maximum absolute atomic E-state index is 12.3. The van der Waals surface area contributed by atoms with Gasteiger partial charge in [-0.15, -0.1) is 0 Å². The number of amides is 1. The highest BCUT2D eigenvalue weighted by atomic mass is 16.5. The zero-order valence-electron chi connectivity index (χ0n) is 17.4. The van der Waals surface area contributed by atoms with Gasteiger partial charge in [-0.05, 0) is 50.7 Å². The number of carbonyl (C=O) groups excluding carboxylic acids is 1. The van der Waals surface area contributed by atoms with Crippen molar-refractivity contribution in [2.75, 3.05) is 26.2 Å². The Hall–Kier alpha value is -2.25. The van der Waals surface area contributed by atoms with Gasteiger partial charge < -0.3 is 10.1 Å². The molecule has 1 N–H and O–H groups in total. The molecule has 2 saturated heterocycles. The molecule has 1 spiro atoms. The molecule has 156 valence electrons. The number of hydrogen-bond acceptors (Lipinski definition) is 5. The summed E-state index contributed by atoms with van der Waals surface area (Å²) in [5.74, 6) is 0.372. The summed E-state index contributed by atoms with van der Waals surface area (Å²) in [6.45, 7) is 6.65. The van der Waals surface area contributed by atoms with Crippen LogP contribution in [0, 0.1) is 12.8 Å². The van der Waals surface area contributed by atoms with Gasteiger partial charge in [0.1, 0.15) is 5.69 Å². The Morgan fingerprint density at radius 2 is 2.17 bits per heavy atom. The summed E-state index contributed by atoms with van der Waals surface area (Å²) in [4.78, 5) is 18.9. The molecule has 0 aromatic carbocycles. The number of piperidine rings is 1. The van der Waals surface area contributed by atoms with E-state index >= 15 is 0 Å². The van der Waals surface area contributed by atoms with Crippen molar-refractivity contribution in [3.8, 4) is 0 Å². The van der Waals surface area contributed by atoms with Gasteiger partial charge >= 0.3 is 0 Å². The number of nitrogens with one attached hydrogen (secondary N) is 1. The zero-order valence-corrected chi connectivity index (χ0v) is 17.4. The van der Waals surface area contributed by atoms with Crippen LogP contribution in [0.25, 0.3) is 0 Å². The fourth-order valence-corrected chi connectivity index (χ4v) is 4.54. The Morgan fingerprint density at radius 3 is 2.86 bits per heavy atom. The van der Waals surface area contributed by atoms with Crippen molar-refractivity contribution < 1.29 is 9.53 Å². The molecule has 2 aliphatic heterocycles. The number of carbonyl (C=O) groups is 1. The largest absolute Gasteiger partial charge is 0.375 e. The van der Waals surface area contributed by atoms with Crippen LogP contribution in [-0.2, 0) is 18.3 Å². The predicted octanol–water partition coefficient (Wildman–Crippen LogP) is 2.31. The average Bonchev–Trinajstić information content (AvgIpc) is 3.07. The number of ether oxygens (including phenoxy) is 1. The molecule has 7 heteroatoms. The van der Waals surface area contributed by atoms with E-state index in [-0.39, 0.29) is 11.5 Å². The second-order valence-corrected chi connectivity index (χ2v) is 8.47. The number of aryl methyl sites for hydroxylation is 1. The predicted molar refractivity (Wildman–Crippen MR) is 110 cm³/mol. The van der Waals surface area contributed by atoms with Gasteiger partial charge in [0.05, 0.1) is 11.8 Å². The minimum absolute atomic E-state index is 0.0286. The maximum Gasteiger partial charge on any atom is 0.269 e. The first-order chi connectivity index (χ1) is 14.0. The van der Waals surface area contributed by atoms with Gasteiger partial charge in [0, 0.05) is 57.3 Å². The summed E-state index contributed by atoms with van der Waals surface area (Å²) in [5.41, 5.74) is 3.00. The van der Waals surface area contributed by atoms with E-state index in [9.17, 15) is 4.79 Å². The Bertz CT molecular complexity index is 827. The lowest BCUT2D eigenvalue weighted by Crippen LogP contribution is -2.50. The summed E-state index contributed by atoms with van der Waals surface area (Å²) in [6.07, 6.45) is 7.77. The molecule has 4 heterocycles. The highest BCUT2D eigenvalue weighted by Crippen LogP contribution is 2.37. The second kappa shape index (κ2) is 8.63. The molecule has 1 amide bonds. The molecule has 29 heavy (non-hydrogen) atoms. The van der Waals surface area contributed by atoms with Crippen LogP contribution in [0.4, 0.5) is 0 Å². The maximum atomic E-state index is 12.3. The summed E-state index contributed by atoms with van der Waals surface area (Å²) in [6, 6.07) is 5.41. The quantitative estimate of drug-likeness (QED) is 0.838. The highest BCUT2D eigenvalue weighted by Gasteiger charge is 2.40. The van der Waals surface area contributed by atoms with Crippen LogP contribution >= 0.6 is 0 Å². The van der Waals surface area contributed by atoms with E-state index in [4.69, 9.17) is 4.74 Å². The molecule has 4 rings (SSSR count). The molecule has 2 aromatic heterocycles. The van der Waals surface area contributed by atoms with E-state index in [1.165, 1.54) is 11.3 Å². The van der Waals surface area contributed by atoms with Crippen LogP contribution in [0.3, 0.4) is 0 Å². The Balaban J connectivity index is 1.27. The molecule has 0 aliphatic carbocycles. The second-order valence-electron chi connectivity index (χ2n) is 8.47. The molecule has 2 aromatic rings. The third-order valence-corrected chi connectivity index (χ3v) is 6.54. The Labute approximate surface area is 172 Å². The first kappa shape index (κ1) is 20.0. The van der Waals surface area contributed by atoms with E-state index in [0.717, 1.165) is 51.9 Å². The van der Waals surface area contributed by atoms with E-state index in [1.807, 2.05) is 30.1 Å². The van der Waals surface area contributed by atoms with Gasteiger partial charge in [-0.25, -0.2) is 0 Å². The fraction of sp³-hybridized carbons (Fsp3) is 0.591. The van der Waals surface area contributed by atoms with Crippen molar-refractivity contribution >= 4 is 5.91 Å². The van der Waals surface area contributed by atoms with Crippen LogP contribution in [-0.4, -0.2) is 57.4 Å². The van der Waals surface area contributed by atoms with Gasteiger partial charge in [0.2, 0.25) is 0 Å². The molecular formula is C22H31N5O2. The lowest BCUT2D eigenvalue weighted by atomic mass is 9.79. The van der Waals surface area contributed by atoms with Crippen LogP contribution in [0.2, 0.25) is 0 Å². The molecule has 0 saturated carbocycles. The van der Waals surface area contributed by atoms with Crippen molar-refractivity contribution in [2.45, 2.75) is 44.8 Å². The van der Waals surface area contributed by atoms with Crippen LogP contribution in [0.5, 0.6) is 0 Å². The highest BCUT2D eigenvalue weighted by molar-refractivity contribution is 5.92. The van der Waals surface area contributed by atoms with E-state index in [0.29, 0.717) is 18.2 Å². The summed E-state index contributed by atoms with van der Waals surface area (Å²) >= 11 is 0. The summed E-state index contributed by atoms with van der Waals surface area (Å²) < 4.78 is 8.23. The van der Waals surface area contributed by atoms with Crippen LogP contribution < -0.4 is 5.32 Å². The molecular weight excluding hydrogens is 366 g/mol. The molecule has 1 atom stereocenters. The molecule has 0 radical (unpaired) electrons. The van der Waals surface area contributed by atoms with E-state index in [2.05, 4.69) is 27.2 Å². The summed E-state index contributed by atoms with van der Waals surface area (Å²) in [7, 11) is 1.99. The van der Waals surface area contributed by atoms with Crippen molar-refractivity contribution in [3.05, 3.63) is 47.5 Å². The first-order valence-electron chi connectivity index (χ1n) is 10.6. The van der Waals surface area contributed by atoms with Crippen molar-refractivity contribution in [3.63, 3.8) is 0 Å². The third kappa shape index (κ3) is 4.67. The Kier molecular flexibility index (Phi) is 5.96. The first-order valence-corrected chi connectivity index (χ1v) is 10.6. The Morgan fingerprint density at radius 1 is 1.34 bits per heavy atom. The number of likely N-dealkylation sites (tertiary alicyclic amines) is 1. The minimum Gasteiger partial charge on any atom is -0.375 e. The van der Waals surface area contributed by atoms with Crippen LogP contribution in [0.1, 0.15) is 47.4 Å². The molecule has 7 nitrogen and oxygen atoms in total. The normalized spacial score (nSPS) is 21.9. The smallest absolute Gasteiger partial charge is 0.269 e. The number of pyridine rings is 1. The van der Waals surface area contributed by atoms with Gasteiger partial charge in [-0.3, -0.25) is 19.4 Å². The minimum atomic E-state index is -0.0900. The lowest BCUT2D eigenvalue weighted by Gasteiger charge is -2.46. The fourth-order valence-electron chi connectivity index (χ4n) is 4.54. The van der Waals surface area contributed by atoms with Gasteiger partial charge in [0.15, 0.2) is 0 Å². The molecule has 2 fully saturated rings. The van der Waals surface area contributed by atoms with Gasteiger partial charge in [-0.1, -0.05) is 6.07 Å². The number of aromatic nitrogens is 3. The lowest BCUT2D eigenvalue weighted by molar-refractivity contribution is -0.127. The van der Waals surface area contributed by atoms with E-state index < -0.39 is 0 Å². The zero-order chi connectivity index (χ0) is 20.3. The van der Waals surface area contributed by atoms with Gasteiger partial charge in [-0.2, -0.15) is 5.10 Å². The average molecular weight is 398 g/mol. The van der Waals surface area contributed by atoms with Crippen LogP contribution in [0.15, 0.2) is 30.6 Å². The molecule has 2 aliphatic rings. The number of rotatable bonds is 5. The topological polar surface area (TPSA) is 72.3 Å². The molecule has 0 bridgehead atoms. The monoisotopic (exact) mass is 397 g/mol. The van der Waals surface area contributed by atoms with Crippen molar-refractivity contribution in [1.82, 2.24) is 25.0 Å². The number of nitrogens with zero attached hydrogens (tertiary/aromatic N) is 4. The van der Waals surface area contributed by atoms with E-state index in [1.54, 1.807) is 12.3 Å². The standard InChI is InChI=1S/C22H31N5O2/c1-17-19(15-25-26(17)2)16-27-10-7-22(8-11-27)13-18(6-12-29-22)14-24-21(28)20-5-3-4-9-23-20/h3-5,9,15,18H,6-8,10-14,16H2,1-2H3,(H,24,28). The van der Waals surface area contributed by atoms with Crippen molar-refractivity contribution in [2.24, 2.45) is 13.0 Å². The third-order valence-electron chi connectivity index (χ3n) is 6.54. The summed E-state index contributed by atoms with van der Waals surface area (Å²) in [5, 5.41) is 7.42. The van der Waals surface area contributed by atoms with Crippen molar-refractivity contribution in [1.29, 1.82) is 0 Å². The van der Waals surface area contributed by atoms with Gasteiger partial charge in [0.25, 0.3) is 5.91 Å². The number of hydrogen-bond donors (Lipinski definition) is 1. The molecule has 1 unspecified atom stereocenters. The SMILES string of the molecule is Cc1c(CN2CCC3(CC2)CC(CNC(=O)c2ccccn2)CCO3)cnn1C.